The fraction of sp³-hybridized carbons (Fsp3) is 0.692. The predicted molar refractivity (Wildman–Crippen MR) is 100 cm³/mol. The Balaban J connectivity index is 1.76. The van der Waals surface area contributed by atoms with E-state index in [0.717, 1.165) is 4.34 Å². The molecule has 0 aromatic carbocycles. The Morgan fingerprint density at radius 1 is 1.36 bits per heavy atom. The maximum atomic E-state index is 11.9. The topological polar surface area (TPSA) is 58.1 Å². The van der Waals surface area contributed by atoms with Crippen molar-refractivity contribution in [3.63, 3.8) is 0 Å². The highest BCUT2D eigenvalue weighted by Gasteiger charge is 2.17. The van der Waals surface area contributed by atoms with Crippen LogP contribution in [0.2, 0.25) is 0 Å². The average Bonchev–Trinajstić information content (AvgIpc) is 2.92. The molecule has 0 saturated heterocycles. The third-order valence-corrected chi connectivity index (χ3v) is 7.16. The van der Waals surface area contributed by atoms with Crippen LogP contribution >= 0.6 is 47.1 Å². The van der Waals surface area contributed by atoms with Crippen LogP contribution in [-0.2, 0) is 4.79 Å². The van der Waals surface area contributed by atoms with Crippen molar-refractivity contribution in [1.29, 1.82) is 0 Å². The van der Waals surface area contributed by atoms with Gasteiger partial charge in [-0.2, -0.15) is 0 Å². The highest BCUT2D eigenvalue weighted by Crippen LogP contribution is 2.35. The van der Waals surface area contributed by atoms with Crippen molar-refractivity contribution >= 4 is 62.4 Å². The number of thioether (sulfide) groups is 2. The second kappa shape index (κ2) is 9.05. The molecule has 0 atom stereocenters. The number of nitrogens with one attached hydrogen (secondary N) is 1. The number of hydrogen-bond acceptors (Lipinski definition) is 7. The van der Waals surface area contributed by atoms with Crippen LogP contribution in [0.4, 0.5) is 5.13 Å². The van der Waals surface area contributed by atoms with Crippen molar-refractivity contribution in [2.45, 2.75) is 41.7 Å². The molecule has 1 N–H and O–H groups in total. The summed E-state index contributed by atoms with van der Waals surface area (Å²) < 4.78 is 1.64. The van der Waals surface area contributed by atoms with Gasteiger partial charge in [-0.25, -0.2) is 0 Å². The average molecular weight is 377 g/mol. The first-order chi connectivity index (χ1) is 10.5. The number of hydrogen-bond donors (Lipinski definition) is 1. The Bertz CT molecular complexity index is 514. The first-order valence-corrected chi connectivity index (χ1v) is 10.3. The highest BCUT2D eigenvalue weighted by molar-refractivity contribution is 8.23. The number of thiocarbonyl (C=S) groups is 1. The van der Waals surface area contributed by atoms with Crippen LogP contribution in [-0.4, -0.2) is 50.4 Å². The third-order valence-electron chi connectivity index (χ3n) is 3.16. The molecule has 1 aromatic heterocycles. The third kappa shape index (κ3) is 6.02. The van der Waals surface area contributed by atoms with Crippen LogP contribution < -0.4 is 5.32 Å². The van der Waals surface area contributed by atoms with Gasteiger partial charge in [-0.15, -0.1) is 10.2 Å². The smallest absolute Gasteiger partial charge is 0.236 e. The predicted octanol–water partition coefficient (Wildman–Crippen LogP) is 3.48. The molecule has 1 saturated carbocycles. The molecule has 0 radical (unpaired) electrons. The number of amides is 1. The summed E-state index contributed by atoms with van der Waals surface area (Å²) in [5.41, 5.74) is 0. The number of anilines is 1. The second-order valence-corrected chi connectivity index (χ2v) is 9.38. The summed E-state index contributed by atoms with van der Waals surface area (Å²) in [6.45, 7) is 0. The van der Waals surface area contributed by atoms with Crippen LogP contribution in [0.15, 0.2) is 4.34 Å². The Labute approximate surface area is 149 Å². The van der Waals surface area contributed by atoms with Crippen LogP contribution in [0.25, 0.3) is 0 Å². The highest BCUT2D eigenvalue weighted by atomic mass is 32.2. The van der Waals surface area contributed by atoms with Gasteiger partial charge >= 0.3 is 0 Å². The van der Waals surface area contributed by atoms with E-state index in [4.69, 9.17) is 12.2 Å². The van der Waals surface area contributed by atoms with Crippen molar-refractivity contribution in [2.24, 2.45) is 0 Å². The molecular weight excluding hydrogens is 356 g/mol. The molecule has 1 aliphatic carbocycles. The van der Waals surface area contributed by atoms with Crippen LogP contribution in [0.1, 0.15) is 32.1 Å². The van der Waals surface area contributed by atoms with E-state index >= 15 is 0 Å². The van der Waals surface area contributed by atoms with E-state index < -0.39 is 0 Å². The van der Waals surface area contributed by atoms with Crippen LogP contribution in [0.3, 0.4) is 0 Å². The standard InChI is InChI=1S/C13H20N4OS4/c1-17(2)13(19)20-8-10(18)14-11-15-16-12(22-11)21-9-6-4-3-5-7-9/h9H,3-8H2,1-2H3,(H,14,15,18). The van der Waals surface area contributed by atoms with E-state index in [2.05, 4.69) is 15.5 Å². The van der Waals surface area contributed by atoms with Gasteiger partial charge in [0.15, 0.2) is 4.34 Å². The van der Waals surface area contributed by atoms with Crippen molar-refractivity contribution in [1.82, 2.24) is 15.1 Å². The summed E-state index contributed by atoms with van der Waals surface area (Å²) in [6.07, 6.45) is 6.47. The molecule has 0 unspecified atom stereocenters. The monoisotopic (exact) mass is 376 g/mol. The minimum atomic E-state index is -0.0976. The van der Waals surface area contributed by atoms with Crippen LogP contribution in [0, 0.1) is 0 Å². The van der Waals surface area contributed by atoms with Gasteiger partial charge in [-0.05, 0) is 12.8 Å². The molecule has 1 amide bonds. The van der Waals surface area contributed by atoms with Gasteiger partial charge in [-0.1, -0.05) is 66.3 Å². The SMILES string of the molecule is CN(C)C(=S)SCC(=O)Nc1nnc(SC2CCCCC2)s1. The quantitative estimate of drug-likeness (QED) is 0.623. The molecule has 1 aliphatic rings. The normalized spacial score (nSPS) is 15.5. The van der Waals surface area contributed by atoms with Crippen molar-refractivity contribution in [2.75, 3.05) is 25.2 Å². The molecule has 2 rings (SSSR count). The van der Waals surface area contributed by atoms with Crippen molar-refractivity contribution in [3.8, 4) is 0 Å². The van der Waals surface area contributed by atoms with E-state index in [1.54, 1.807) is 11.8 Å². The zero-order chi connectivity index (χ0) is 15.9. The zero-order valence-corrected chi connectivity index (χ0v) is 16.0. The lowest BCUT2D eigenvalue weighted by Crippen LogP contribution is -2.20. The maximum absolute atomic E-state index is 11.9. The van der Waals surface area contributed by atoms with Gasteiger partial charge in [0.2, 0.25) is 11.0 Å². The lowest BCUT2D eigenvalue weighted by atomic mass is 10.0. The number of carbonyl (C=O) groups is 1. The number of nitrogens with zero attached hydrogens (tertiary/aromatic N) is 3. The molecule has 0 bridgehead atoms. The minimum Gasteiger partial charge on any atom is -0.364 e. The van der Waals surface area contributed by atoms with Gasteiger partial charge in [-0.3, -0.25) is 10.1 Å². The second-order valence-electron chi connectivity index (χ2n) is 5.25. The summed E-state index contributed by atoms with van der Waals surface area (Å²) in [5, 5.41) is 12.2. The molecule has 0 spiro atoms. The molecule has 1 heterocycles. The first-order valence-electron chi connectivity index (χ1n) is 7.18. The lowest BCUT2D eigenvalue weighted by molar-refractivity contribution is -0.113. The van der Waals surface area contributed by atoms with Gasteiger partial charge in [0.25, 0.3) is 0 Å². The maximum Gasteiger partial charge on any atom is 0.236 e. The van der Waals surface area contributed by atoms with Gasteiger partial charge < -0.3 is 4.90 Å². The number of carbonyl (C=O) groups excluding carboxylic acids is 1. The molecular formula is C13H20N4OS4. The van der Waals surface area contributed by atoms with Gasteiger partial charge in [0.05, 0.1) is 5.75 Å². The summed E-state index contributed by atoms with van der Waals surface area (Å²) in [6, 6.07) is 0. The molecule has 22 heavy (non-hydrogen) atoms. The number of aromatic nitrogens is 2. The Morgan fingerprint density at radius 2 is 2.09 bits per heavy atom. The van der Waals surface area contributed by atoms with Crippen molar-refractivity contribution < 1.29 is 4.79 Å². The molecule has 9 heteroatoms. The Hall–Kier alpha value is -0.380. The van der Waals surface area contributed by atoms with E-state index in [9.17, 15) is 4.79 Å². The molecule has 1 fully saturated rings. The summed E-state index contributed by atoms with van der Waals surface area (Å²) in [7, 11) is 3.74. The molecule has 122 valence electrons. The van der Waals surface area contributed by atoms with Gasteiger partial charge in [0, 0.05) is 19.3 Å². The fourth-order valence-corrected chi connectivity index (χ4v) is 5.08. The molecule has 5 nitrogen and oxygen atoms in total. The van der Waals surface area contributed by atoms with E-state index in [1.807, 2.05) is 19.0 Å². The van der Waals surface area contributed by atoms with E-state index in [1.165, 1.54) is 55.2 Å². The Morgan fingerprint density at radius 3 is 2.77 bits per heavy atom. The summed E-state index contributed by atoms with van der Waals surface area (Å²) >= 11 is 9.73. The molecule has 0 aliphatic heterocycles. The largest absolute Gasteiger partial charge is 0.364 e. The number of rotatable bonds is 5. The summed E-state index contributed by atoms with van der Waals surface area (Å²) in [4.78, 5) is 13.7. The van der Waals surface area contributed by atoms with E-state index in [0.29, 0.717) is 20.5 Å². The fourth-order valence-electron chi connectivity index (χ4n) is 2.05. The molecule has 1 aromatic rings. The van der Waals surface area contributed by atoms with Gasteiger partial charge in [0.1, 0.15) is 4.32 Å². The minimum absolute atomic E-state index is 0.0976. The zero-order valence-electron chi connectivity index (χ0n) is 12.7. The van der Waals surface area contributed by atoms with Crippen LogP contribution in [0.5, 0.6) is 0 Å². The van der Waals surface area contributed by atoms with E-state index in [-0.39, 0.29) is 5.91 Å². The Kier molecular flexibility index (Phi) is 7.39. The van der Waals surface area contributed by atoms with Crippen molar-refractivity contribution in [3.05, 3.63) is 0 Å². The first kappa shape index (κ1) is 18.0. The summed E-state index contributed by atoms with van der Waals surface area (Å²) in [5.74, 6) is 0.196. The lowest BCUT2D eigenvalue weighted by Gasteiger charge is -2.19.